The summed E-state index contributed by atoms with van der Waals surface area (Å²) in [6.45, 7) is -1.85. The molecule has 2 aromatic rings. The van der Waals surface area contributed by atoms with Crippen LogP contribution in [0.4, 0.5) is 17.6 Å². The number of benzene rings is 2. The number of morpholine rings is 1. The molecule has 1 fully saturated rings. The van der Waals surface area contributed by atoms with E-state index in [1.807, 2.05) is 6.07 Å². The van der Waals surface area contributed by atoms with E-state index in [9.17, 15) is 30.8 Å². The minimum Gasteiger partial charge on any atom is -0.379 e. The van der Waals surface area contributed by atoms with Gasteiger partial charge in [0.15, 0.2) is 0 Å². The number of alkyl halides is 3. The van der Waals surface area contributed by atoms with E-state index in [0.717, 1.165) is 22.5 Å². The zero-order chi connectivity index (χ0) is 24.2. The molecule has 7 nitrogen and oxygen atoms in total. The van der Waals surface area contributed by atoms with Crippen molar-refractivity contribution in [2.75, 3.05) is 32.8 Å². The molecule has 12 heteroatoms. The second-order valence-electron chi connectivity index (χ2n) is 7.25. The zero-order valence-corrected chi connectivity index (χ0v) is 18.0. The van der Waals surface area contributed by atoms with Gasteiger partial charge in [0.05, 0.1) is 24.8 Å². The second kappa shape index (κ2) is 9.86. The summed E-state index contributed by atoms with van der Waals surface area (Å²) in [5.74, 6) is -2.23. The topological polar surface area (TPSA) is 90.7 Å². The van der Waals surface area contributed by atoms with E-state index >= 15 is 0 Å². The fourth-order valence-corrected chi connectivity index (χ4v) is 4.76. The number of nitriles is 1. The molecule has 0 atom stereocenters. The first-order valence-corrected chi connectivity index (χ1v) is 11.2. The summed E-state index contributed by atoms with van der Waals surface area (Å²) in [6, 6.07) is 9.94. The van der Waals surface area contributed by atoms with Crippen LogP contribution in [-0.2, 0) is 21.3 Å². The molecule has 1 aliphatic rings. The number of hydrogen-bond donors (Lipinski definition) is 0. The Hall–Kier alpha value is -3.01. The van der Waals surface area contributed by atoms with Crippen LogP contribution in [0.3, 0.4) is 0 Å². The Bertz CT molecular complexity index is 1160. The standard InChI is InChI=1S/C21H19F4N3O4S/c22-18-6-5-17(11-19(18)33(30,31)28-7-9-32-10-8-28)20(29)27(14-21(23,24)25)13-16-3-1-15(12-26)2-4-16/h1-6,11H,7-10,13-14H2. The Kier molecular flexibility index (Phi) is 7.36. The first kappa shape index (κ1) is 24.6. The van der Waals surface area contributed by atoms with Crippen LogP contribution in [0.2, 0.25) is 0 Å². The predicted molar refractivity (Wildman–Crippen MR) is 108 cm³/mol. The van der Waals surface area contributed by atoms with Gasteiger partial charge in [0, 0.05) is 25.2 Å². The predicted octanol–water partition coefficient (Wildman–Crippen LogP) is 2.92. The Morgan fingerprint density at radius 1 is 1.12 bits per heavy atom. The van der Waals surface area contributed by atoms with Crippen molar-refractivity contribution < 1.29 is 35.5 Å². The normalized spacial score (nSPS) is 15.1. The molecule has 1 amide bonds. The lowest BCUT2D eigenvalue weighted by Crippen LogP contribution is -2.41. The van der Waals surface area contributed by atoms with E-state index in [-0.39, 0.29) is 26.3 Å². The maximum absolute atomic E-state index is 14.4. The van der Waals surface area contributed by atoms with Crippen molar-refractivity contribution in [3.63, 3.8) is 0 Å². The molecule has 0 saturated carbocycles. The highest BCUT2D eigenvalue weighted by molar-refractivity contribution is 7.89. The lowest BCUT2D eigenvalue weighted by molar-refractivity contribution is -0.141. The van der Waals surface area contributed by atoms with Crippen LogP contribution in [0, 0.1) is 17.1 Å². The molecule has 0 radical (unpaired) electrons. The van der Waals surface area contributed by atoms with Crippen molar-refractivity contribution in [1.29, 1.82) is 5.26 Å². The average Bonchev–Trinajstić information content (AvgIpc) is 2.78. The molecule has 1 heterocycles. The maximum atomic E-state index is 14.4. The third-order valence-corrected chi connectivity index (χ3v) is 6.79. The van der Waals surface area contributed by atoms with Gasteiger partial charge < -0.3 is 9.64 Å². The van der Waals surface area contributed by atoms with E-state index in [2.05, 4.69) is 0 Å². The first-order chi connectivity index (χ1) is 15.5. The SMILES string of the molecule is N#Cc1ccc(CN(CC(F)(F)F)C(=O)c2ccc(F)c(S(=O)(=O)N3CCOCC3)c2)cc1. The van der Waals surface area contributed by atoms with Crippen molar-refractivity contribution in [3.8, 4) is 6.07 Å². The minimum atomic E-state index is -4.73. The summed E-state index contributed by atoms with van der Waals surface area (Å²) in [6.07, 6.45) is -4.73. The monoisotopic (exact) mass is 485 g/mol. The van der Waals surface area contributed by atoms with Gasteiger partial charge in [0.1, 0.15) is 17.3 Å². The molecular weight excluding hydrogens is 466 g/mol. The van der Waals surface area contributed by atoms with Gasteiger partial charge in [-0.15, -0.1) is 0 Å². The van der Waals surface area contributed by atoms with Gasteiger partial charge in [-0.1, -0.05) is 12.1 Å². The third-order valence-electron chi connectivity index (χ3n) is 4.88. The zero-order valence-electron chi connectivity index (χ0n) is 17.2. The molecule has 0 aromatic heterocycles. The summed E-state index contributed by atoms with van der Waals surface area (Å²) in [4.78, 5) is 12.6. The second-order valence-corrected chi connectivity index (χ2v) is 9.15. The summed E-state index contributed by atoms with van der Waals surface area (Å²) >= 11 is 0. The maximum Gasteiger partial charge on any atom is 0.406 e. The van der Waals surface area contributed by atoms with Gasteiger partial charge in [-0.2, -0.15) is 22.7 Å². The Morgan fingerprint density at radius 3 is 2.33 bits per heavy atom. The van der Waals surface area contributed by atoms with Crippen LogP contribution in [-0.4, -0.2) is 62.6 Å². The minimum absolute atomic E-state index is 0.0150. The molecule has 1 aliphatic heterocycles. The number of carbonyl (C=O) groups is 1. The van der Waals surface area contributed by atoms with E-state index in [4.69, 9.17) is 10.00 Å². The van der Waals surface area contributed by atoms with Gasteiger partial charge in [-0.3, -0.25) is 4.79 Å². The lowest BCUT2D eigenvalue weighted by Gasteiger charge is -2.27. The van der Waals surface area contributed by atoms with Gasteiger partial charge in [0.2, 0.25) is 10.0 Å². The van der Waals surface area contributed by atoms with E-state index in [0.29, 0.717) is 16.0 Å². The molecule has 0 bridgehead atoms. The number of amides is 1. The summed E-state index contributed by atoms with van der Waals surface area (Å²) in [5, 5.41) is 8.86. The molecule has 0 unspecified atom stereocenters. The van der Waals surface area contributed by atoms with Crippen molar-refractivity contribution >= 4 is 15.9 Å². The van der Waals surface area contributed by atoms with Crippen LogP contribution in [0.25, 0.3) is 0 Å². The molecule has 176 valence electrons. The quantitative estimate of drug-likeness (QED) is 0.587. The van der Waals surface area contributed by atoms with Gasteiger partial charge in [-0.25, -0.2) is 12.8 Å². The Balaban J connectivity index is 1.93. The Morgan fingerprint density at radius 2 is 1.76 bits per heavy atom. The van der Waals surface area contributed by atoms with Gasteiger partial charge >= 0.3 is 6.18 Å². The first-order valence-electron chi connectivity index (χ1n) is 9.74. The number of nitrogens with zero attached hydrogens (tertiary/aromatic N) is 3. The number of hydrogen-bond acceptors (Lipinski definition) is 5. The van der Waals surface area contributed by atoms with E-state index in [1.54, 1.807) is 0 Å². The fraction of sp³-hybridized carbons (Fsp3) is 0.333. The molecule has 33 heavy (non-hydrogen) atoms. The molecule has 0 spiro atoms. The molecular formula is C21H19F4N3O4S. The van der Waals surface area contributed by atoms with Crippen LogP contribution in [0.5, 0.6) is 0 Å². The number of sulfonamides is 1. The molecule has 0 N–H and O–H groups in total. The number of carbonyl (C=O) groups excluding carboxylic acids is 1. The third kappa shape index (κ3) is 6.07. The number of ether oxygens (including phenoxy) is 1. The van der Waals surface area contributed by atoms with Crippen LogP contribution < -0.4 is 0 Å². The van der Waals surface area contributed by atoms with Crippen molar-refractivity contribution in [3.05, 3.63) is 65.0 Å². The Labute approximate surface area is 187 Å². The van der Waals surface area contributed by atoms with Crippen LogP contribution >= 0.6 is 0 Å². The largest absolute Gasteiger partial charge is 0.406 e. The highest BCUT2D eigenvalue weighted by Crippen LogP contribution is 2.25. The highest BCUT2D eigenvalue weighted by Gasteiger charge is 2.35. The molecule has 3 rings (SSSR count). The number of halogens is 4. The smallest absolute Gasteiger partial charge is 0.379 e. The summed E-state index contributed by atoms with van der Waals surface area (Å²) in [7, 11) is -4.32. The van der Waals surface area contributed by atoms with Gasteiger partial charge in [-0.05, 0) is 35.9 Å². The lowest BCUT2D eigenvalue weighted by atomic mass is 10.1. The van der Waals surface area contributed by atoms with E-state index in [1.165, 1.54) is 24.3 Å². The van der Waals surface area contributed by atoms with E-state index < -0.39 is 51.5 Å². The number of rotatable bonds is 6. The van der Waals surface area contributed by atoms with Gasteiger partial charge in [0.25, 0.3) is 5.91 Å². The summed E-state index contributed by atoms with van der Waals surface area (Å²) < 4.78 is 85.7. The van der Waals surface area contributed by atoms with Crippen molar-refractivity contribution in [1.82, 2.24) is 9.21 Å². The molecule has 0 aliphatic carbocycles. The average molecular weight is 485 g/mol. The molecule has 1 saturated heterocycles. The summed E-state index contributed by atoms with van der Waals surface area (Å²) in [5.41, 5.74) is 0.222. The van der Waals surface area contributed by atoms with Crippen LogP contribution in [0.1, 0.15) is 21.5 Å². The highest BCUT2D eigenvalue weighted by atomic mass is 32.2. The fourth-order valence-electron chi connectivity index (χ4n) is 3.26. The van der Waals surface area contributed by atoms with Crippen molar-refractivity contribution in [2.24, 2.45) is 0 Å². The van der Waals surface area contributed by atoms with Crippen molar-refractivity contribution in [2.45, 2.75) is 17.6 Å². The van der Waals surface area contributed by atoms with Crippen LogP contribution in [0.15, 0.2) is 47.4 Å². The molecule has 2 aromatic carbocycles.